The van der Waals surface area contributed by atoms with Gasteiger partial charge in [0.15, 0.2) is 0 Å². The molecule has 3 rings (SSSR count). The van der Waals surface area contributed by atoms with E-state index < -0.39 is 23.2 Å². The van der Waals surface area contributed by atoms with Crippen molar-refractivity contribution in [2.45, 2.75) is 33.7 Å². The second kappa shape index (κ2) is 8.88. The number of hydrogen-bond acceptors (Lipinski definition) is 5. The van der Waals surface area contributed by atoms with Gasteiger partial charge in [-0.3, -0.25) is 14.5 Å². The number of aromatic nitrogens is 1. The highest BCUT2D eigenvalue weighted by Gasteiger charge is 2.41. The molecular weight excluding hydrogens is 447 g/mol. The molecule has 1 aliphatic heterocycles. The van der Waals surface area contributed by atoms with Crippen molar-refractivity contribution in [1.82, 2.24) is 9.47 Å². The molecular formula is C21H20Cl2N2O4S. The fourth-order valence-corrected chi connectivity index (χ4v) is 4.57. The van der Waals surface area contributed by atoms with Crippen LogP contribution < -0.4 is 0 Å². The van der Waals surface area contributed by atoms with Crippen molar-refractivity contribution >= 4 is 58.2 Å². The molecule has 30 heavy (non-hydrogen) atoms. The van der Waals surface area contributed by atoms with Gasteiger partial charge in [-0.1, -0.05) is 29.3 Å². The summed E-state index contributed by atoms with van der Waals surface area (Å²) in [4.78, 5) is 38.3. The number of imide groups is 1. The molecule has 1 saturated heterocycles. The molecule has 1 atom stereocenters. The number of nitrogens with zero attached hydrogens (tertiary/aromatic N) is 2. The van der Waals surface area contributed by atoms with Gasteiger partial charge in [-0.15, -0.1) is 0 Å². The maximum atomic E-state index is 12.8. The summed E-state index contributed by atoms with van der Waals surface area (Å²) in [5.74, 6) is -1.13. The van der Waals surface area contributed by atoms with Gasteiger partial charge in [0, 0.05) is 11.4 Å². The van der Waals surface area contributed by atoms with Crippen LogP contribution in [0.2, 0.25) is 10.0 Å². The van der Waals surface area contributed by atoms with Gasteiger partial charge in [0.05, 0.1) is 27.2 Å². The van der Waals surface area contributed by atoms with Crippen LogP contribution in [0.4, 0.5) is 4.79 Å². The number of carbonyl (C=O) groups excluding carboxylic acids is 3. The third-order valence-corrected chi connectivity index (χ3v) is 6.46. The molecule has 0 radical (unpaired) electrons. The number of hydrogen-bond donors (Lipinski definition) is 0. The molecule has 1 aromatic carbocycles. The molecule has 0 unspecified atom stereocenters. The Morgan fingerprint density at radius 1 is 1.27 bits per heavy atom. The number of esters is 1. The Hall–Kier alpha value is -2.22. The van der Waals surface area contributed by atoms with E-state index in [9.17, 15) is 14.4 Å². The molecule has 2 heterocycles. The van der Waals surface area contributed by atoms with Crippen molar-refractivity contribution in [3.8, 4) is 5.69 Å². The normalized spacial score (nSPS) is 16.5. The summed E-state index contributed by atoms with van der Waals surface area (Å²) in [5, 5.41) is 0.367. The zero-order valence-electron chi connectivity index (χ0n) is 16.9. The van der Waals surface area contributed by atoms with Crippen LogP contribution >= 0.6 is 35.0 Å². The number of aryl methyl sites for hydroxylation is 1. The van der Waals surface area contributed by atoms with Crippen LogP contribution in [0.25, 0.3) is 11.8 Å². The van der Waals surface area contributed by atoms with Gasteiger partial charge in [-0.05, 0) is 69.3 Å². The van der Waals surface area contributed by atoms with Crippen LogP contribution in [0.1, 0.15) is 30.8 Å². The summed E-state index contributed by atoms with van der Waals surface area (Å²) in [6, 6.07) is 6.29. The van der Waals surface area contributed by atoms with Crippen molar-refractivity contribution in [1.29, 1.82) is 0 Å². The zero-order chi connectivity index (χ0) is 22.2. The summed E-state index contributed by atoms with van der Waals surface area (Å²) >= 11 is 13.3. The quantitative estimate of drug-likeness (QED) is 0.436. The van der Waals surface area contributed by atoms with E-state index >= 15 is 0 Å². The van der Waals surface area contributed by atoms with E-state index in [1.165, 1.54) is 6.92 Å². The highest BCUT2D eigenvalue weighted by Crippen LogP contribution is 2.36. The minimum atomic E-state index is -0.985. The zero-order valence-corrected chi connectivity index (χ0v) is 19.2. The van der Waals surface area contributed by atoms with Crippen molar-refractivity contribution < 1.29 is 19.1 Å². The molecule has 158 valence electrons. The maximum absolute atomic E-state index is 12.8. The van der Waals surface area contributed by atoms with E-state index in [1.807, 2.05) is 36.6 Å². The Labute approximate surface area is 188 Å². The monoisotopic (exact) mass is 466 g/mol. The standard InChI is InChI=1S/C21H20Cl2N2O4S/c1-5-29-20(27)13(4)25-19(26)17(30-21(25)28)10-14-9-11(2)24(12(14)3)16-8-6-7-15(22)18(16)23/h6-10,13H,5H2,1-4H3/b17-10+/t13-/m1/s1. The van der Waals surface area contributed by atoms with Crippen LogP contribution in [0.3, 0.4) is 0 Å². The van der Waals surface area contributed by atoms with Crippen LogP contribution in [0, 0.1) is 13.8 Å². The van der Waals surface area contributed by atoms with Gasteiger partial charge >= 0.3 is 5.97 Å². The molecule has 0 aliphatic carbocycles. The maximum Gasteiger partial charge on any atom is 0.329 e. The van der Waals surface area contributed by atoms with E-state index in [1.54, 1.807) is 19.1 Å². The first-order valence-electron chi connectivity index (χ1n) is 9.24. The molecule has 2 aromatic rings. The molecule has 0 spiro atoms. The minimum Gasteiger partial charge on any atom is -0.464 e. The highest BCUT2D eigenvalue weighted by atomic mass is 35.5. The number of carbonyl (C=O) groups is 3. The molecule has 2 amide bonds. The van der Waals surface area contributed by atoms with E-state index in [0.29, 0.717) is 10.0 Å². The highest BCUT2D eigenvalue weighted by molar-refractivity contribution is 8.18. The van der Waals surface area contributed by atoms with Crippen molar-refractivity contribution in [3.05, 3.63) is 56.2 Å². The molecule has 0 saturated carbocycles. The largest absolute Gasteiger partial charge is 0.464 e. The van der Waals surface area contributed by atoms with E-state index in [2.05, 4.69) is 0 Å². The van der Waals surface area contributed by atoms with E-state index in [0.717, 1.165) is 39.3 Å². The summed E-state index contributed by atoms with van der Waals surface area (Å²) in [6.45, 7) is 7.12. The van der Waals surface area contributed by atoms with Crippen LogP contribution in [-0.2, 0) is 14.3 Å². The summed E-state index contributed by atoms with van der Waals surface area (Å²) in [7, 11) is 0. The number of halogens is 2. The van der Waals surface area contributed by atoms with Gasteiger partial charge in [-0.25, -0.2) is 4.79 Å². The number of thioether (sulfide) groups is 1. The predicted octanol–water partition coefficient (Wildman–Crippen LogP) is 5.39. The first-order chi connectivity index (χ1) is 14.2. The van der Waals surface area contributed by atoms with Gasteiger partial charge in [0.25, 0.3) is 11.1 Å². The third kappa shape index (κ3) is 4.02. The lowest BCUT2D eigenvalue weighted by Crippen LogP contribution is -2.42. The number of amides is 2. The number of benzene rings is 1. The van der Waals surface area contributed by atoms with Crippen LogP contribution in [-0.4, -0.2) is 39.2 Å². The third-order valence-electron chi connectivity index (χ3n) is 4.77. The molecule has 0 bridgehead atoms. The Bertz CT molecular complexity index is 1080. The molecule has 0 N–H and O–H groups in total. The molecule has 1 aliphatic rings. The Morgan fingerprint density at radius 2 is 1.97 bits per heavy atom. The molecule has 1 fully saturated rings. The average molecular weight is 467 g/mol. The predicted molar refractivity (Wildman–Crippen MR) is 119 cm³/mol. The fourth-order valence-electron chi connectivity index (χ4n) is 3.29. The summed E-state index contributed by atoms with van der Waals surface area (Å²) < 4.78 is 6.87. The molecule has 9 heteroatoms. The molecule has 6 nitrogen and oxygen atoms in total. The van der Waals surface area contributed by atoms with Crippen molar-refractivity contribution in [2.75, 3.05) is 6.61 Å². The molecule has 1 aromatic heterocycles. The lowest BCUT2D eigenvalue weighted by molar-refractivity contribution is -0.150. The summed E-state index contributed by atoms with van der Waals surface area (Å²) in [6.07, 6.45) is 1.65. The van der Waals surface area contributed by atoms with E-state index in [-0.39, 0.29) is 11.5 Å². The van der Waals surface area contributed by atoms with Crippen molar-refractivity contribution in [3.63, 3.8) is 0 Å². The second-order valence-electron chi connectivity index (χ2n) is 6.71. The van der Waals surface area contributed by atoms with Gasteiger partial charge < -0.3 is 9.30 Å². The Morgan fingerprint density at radius 3 is 2.63 bits per heavy atom. The van der Waals surface area contributed by atoms with Gasteiger partial charge in [0.2, 0.25) is 0 Å². The number of ether oxygens (including phenoxy) is 1. The smallest absolute Gasteiger partial charge is 0.329 e. The first kappa shape index (κ1) is 22.5. The van der Waals surface area contributed by atoms with Crippen molar-refractivity contribution in [2.24, 2.45) is 0 Å². The average Bonchev–Trinajstić information content (AvgIpc) is 3.12. The topological polar surface area (TPSA) is 68.6 Å². The first-order valence-corrected chi connectivity index (χ1v) is 10.8. The summed E-state index contributed by atoms with van der Waals surface area (Å²) in [5.41, 5.74) is 3.21. The second-order valence-corrected chi connectivity index (χ2v) is 8.49. The lowest BCUT2D eigenvalue weighted by atomic mass is 10.2. The SMILES string of the molecule is CCOC(=O)[C@@H](C)N1C(=O)S/C(=C/c2cc(C)n(-c3cccc(Cl)c3Cl)c2C)C1=O. The van der Waals surface area contributed by atoms with Crippen LogP contribution in [0.5, 0.6) is 0 Å². The van der Waals surface area contributed by atoms with E-state index in [4.69, 9.17) is 27.9 Å². The lowest BCUT2D eigenvalue weighted by Gasteiger charge is -2.19. The Balaban J connectivity index is 1.97. The van der Waals surface area contributed by atoms with Gasteiger partial charge in [-0.2, -0.15) is 0 Å². The van der Waals surface area contributed by atoms with Crippen LogP contribution in [0.15, 0.2) is 29.2 Å². The number of rotatable bonds is 5. The van der Waals surface area contributed by atoms with Gasteiger partial charge in [0.1, 0.15) is 6.04 Å². The minimum absolute atomic E-state index is 0.174. The Kier molecular flexibility index (Phi) is 6.65. The fraction of sp³-hybridized carbons (Fsp3) is 0.286.